The van der Waals surface area contributed by atoms with Gasteiger partial charge in [0.05, 0.1) is 38.6 Å². The Hall–Kier alpha value is -3.59. The SMILES string of the molecule is COc1ccc(OC)c2nc(N(C)C)c(CN(Cc3ccco3)C(=O)c3csc(C)n3)cc12. The van der Waals surface area contributed by atoms with Crippen molar-refractivity contribution < 1.29 is 18.7 Å². The number of carbonyl (C=O) groups is 1. The van der Waals surface area contributed by atoms with E-state index in [-0.39, 0.29) is 5.91 Å². The Morgan fingerprint density at radius 1 is 1.09 bits per heavy atom. The molecule has 172 valence electrons. The van der Waals surface area contributed by atoms with Crippen molar-refractivity contribution in [3.63, 3.8) is 0 Å². The van der Waals surface area contributed by atoms with E-state index < -0.39 is 0 Å². The maximum atomic E-state index is 13.4. The number of fused-ring (bicyclic) bond motifs is 1. The summed E-state index contributed by atoms with van der Waals surface area (Å²) in [6, 6.07) is 9.36. The van der Waals surface area contributed by atoms with Gasteiger partial charge < -0.3 is 23.7 Å². The molecular weight excluding hydrogens is 440 g/mol. The Morgan fingerprint density at radius 2 is 1.85 bits per heavy atom. The molecule has 9 heteroatoms. The lowest BCUT2D eigenvalue weighted by molar-refractivity contribution is 0.0712. The molecule has 0 saturated heterocycles. The molecule has 8 nitrogen and oxygen atoms in total. The molecule has 3 aromatic heterocycles. The molecule has 0 radical (unpaired) electrons. The number of aromatic nitrogens is 2. The molecule has 1 amide bonds. The van der Waals surface area contributed by atoms with Crippen LogP contribution >= 0.6 is 11.3 Å². The van der Waals surface area contributed by atoms with E-state index in [9.17, 15) is 4.79 Å². The van der Waals surface area contributed by atoms with E-state index in [4.69, 9.17) is 18.9 Å². The van der Waals surface area contributed by atoms with Crippen LogP contribution in [0.1, 0.15) is 26.8 Å². The molecule has 0 bridgehead atoms. The van der Waals surface area contributed by atoms with Gasteiger partial charge in [-0.05, 0) is 37.3 Å². The summed E-state index contributed by atoms with van der Waals surface area (Å²) in [6.45, 7) is 2.50. The standard InChI is InChI=1S/C24H26N4O4S/c1-15-25-19(14-33-15)24(29)28(13-17-7-6-10-32-17)12-16-11-18-20(30-4)8-9-21(31-5)22(18)26-23(16)27(2)3/h6-11,14H,12-13H2,1-5H3. The first-order chi connectivity index (χ1) is 15.9. The zero-order chi connectivity index (χ0) is 23.5. The van der Waals surface area contributed by atoms with Gasteiger partial charge in [-0.3, -0.25) is 4.79 Å². The van der Waals surface area contributed by atoms with Gasteiger partial charge in [0.15, 0.2) is 0 Å². The third-order valence-corrected chi connectivity index (χ3v) is 6.01. The summed E-state index contributed by atoms with van der Waals surface area (Å²) in [7, 11) is 7.09. The second kappa shape index (κ2) is 9.50. The Kier molecular flexibility index (Phi) is 6.50. The van der Waals surface area contributed by atoms with Crippen molar-refractivity contribution in [1.82, 2.24) is 14.9 Å². The zero-order valence-electron chi connectivity index (χ0n) is 19.3. The molecular formula is C24H26N4O4S. The summed E-state index contributed by atoms with van der Waals surface area (Å²) in [5.74, 6) is 2.60. The summed E-state index contributed by atoms with van der Waals surface area (Å²) in [4.78, 5) is 26.3. The molecule has 0 atom stereocenters. The molecule has 3 heterocycles. The number of carbonyl (C=O) groups excluding carboxylic acids is 1. The highest BCUT2D eigenvalue weighted by atomic mass is 32.1. The number of benzene rings is 1. The normalized spacial score (nSPS) is 10.9. The molecule has 0 saturated carbocycles. The van der Waals surface area contributed by atoms with Gasteiger partial charge in [0.1, 0.15) is 34.3 Å². The van der Waals surface area contributed by atoms with Crippen molar-refractivity contribution in [3.8, 4) is 11.5 Å². The Bertz CT molecular complexity index is 1270. The predicted octanol–water partition coefficient (Wildman–Crippen LogP) is 4.52. The van der Waals surface area contributed by atoms with Crippen molar-refractivity contribution in [3.05, 3.63) is 64.0 Å². The molecule has 4 aromatic rings. The van der Waals surface area contributed by atoms with Gasteiger partial charge >= 0.3 is 0 Å². The molecule has 1 aromatic carbocycles. The summed E-state index contributed by atoms with van der Waals surface area (Å²) < 4.78 is 16.6. The van der Waals surface area contributed by atoms with E-state index >= 15 is 0 Å². The first-order valence-electron chi connectivity index (χ1n) is 10.4. The number of rotatable bonds is 8. The van der Waals surface area contributed by atoms with Crippen molar-refractivity contribution in [2.45, 2.75) is 20.0 Å². The summed E-state index contributed by atoms with van der Waals surface area (Å²) >= 11 is 1.45. The molecule has 0 aliphatic rings. The highest BCUT2D eigenvalue weighted by Gasteiger charge is 2.23. The van der Waals surface area contributed by atoms with E-state index in [0.29, 0.717) is 41.6 Å². The largest absolute Gasteiger partial charge is 0.496 e. The predicted molar refractivity (Wildman–Crippen MR) is 128 cm³/mol. The first kappa shape index (κ1) is 22.6. The number of thiazole rings is 1. The minimum absolute atomic E-state index is 0.168. The highest BCUT2D eigenvalue weighted by Crippen LogP contribution is 2.35. The van der Waals surface area contributed by atoms with Crippen LogP contribution < -0.4 is 14.4 Å². The van der Waals surface area contributed by atoms with Crippen molar-refractivity contribution in [1.29, 1.82) is 0 Å². The number of hydrogen-bond donors (Lipinski definition) is 0. The van der Waals surface area contributed by atoms with Crippen LogP contribution in [0.2, 0.25) is 0 Å². The molecule has 0 aliphatic heterocycles. The molecule has 0 N–H and O–H groups in total. The fourth-order valence-electron chi connectivity index (χ4n) is 3.71. The summed E-state index contributed by atoms with van der Waals surface area (Å²) in [5.41, 5.74) is 1.98. The Labute approximate surface area is 196 Å². The van der Waals surface area contributed by atoms with Crippen molar-refractivity contribution in [2.75, 3.05) is 33.2 Å². The van der Waals surface area contributed by atoms with Crippen LogP contribution in [0.5, 0.6) is 11.5 Å². The number of furan rings is 1. The third-order valence-electron chi connectivity index (χ3n) is 5.24. The van der Waals surface area contributed by atoms with Gasteiger partial charge in [0.2, 0.25) is 0 Å². The second-order valence-corrected chi connectivity index (χ2v) is 8.79. The molecule has 0 unspecified atom stereocenters. The number of anilines is 1. The molecule has 33 heavy (non-hydrogen) atoms. The van der Waals surface area contributed by atoms with Crippen molar-refractivity contribution >= 4 is 34.0 Å². The van der Waals surface area contributed by atoms with Crippen LogP contribution in [-0.2, 0) is 13.1 Å². The summed E-state index contributed by atoms with van der Waals surface area (Å²) in [6.07, 6.45) is 1.60. The molecule has 0 spiro atoms. The average Bonchev–Trinajstić information content (AvgIpc) is 3.48. The fourth-order valence-corrected chi connectivity index (χ4v) is 4.29. The lowest BCUT2D eigenvalue weighted by Gasteiger charge is -2.25. The van der Waals surface area contributed by atoms with Crippen LogP contribution in [0.3, 0.4) is 0 Å². The van der Waals surface area contributed by atoms with Crippen LogP contribution in [0.4, 0.5) is 5.82 Å². The number of aryl methyl sites for hydroxylation is 1. The number of hydrogen-bond acceptors (Lipinski definition) is 8. The topological polar surface area (TPSA) is 80.9 Å². The maximum absolute atomic E-state index is 13.4. The summed E-state index contributed by atoms with van der Waals surface area (Å²) in [5, 5.41) is 3.44. The van der Waals surface area contributed by atoms with Gasteiger partial charge in [0.25, 0.3) is 5.91 Å². The van der Waals surface area contributed by atoms with Crippen LogP contribution in [-0.4, -0.2) is 49.1 Å². The number of amides is 1. The number of pyridine rings is 1. The fraction of sp³-hybridized carbons (Fsp3) is 0.292. The van der Waals surface area contributed by atoms with Gasteiger partial charge in [0, 0.05) is 30.4 Å². The van der Waals surface area contributed by atoms with Crippen molar-refractivity contribution in [2.24, 2.45) is 0 Å². The molecule has 0 fully saturated rings. The smallest absolute Gasteiger partial charge is 0.274 e. The molecule has 4 rings (SSSR count). The number of methoxy groups -OCH3 is 2. The van der Waals surface area contributed by atoms with E-state index in [1.165, 1.54) is 11.3 Å². The second-order valence-electron chi connectivity index (χ2n) is 7.72. The van der Waals surface area contributed by atoms with Gasteiger partial charge in [-0.1, -0.05) is 0 Å². The zero-order valence-corrected chi connectivity index (χ0v) is 20.1. The van der Waals surface area contributed by atoms with E-state index in [1.54, 1.807) is 30.8 Å². The van der Waals surface area contributed by atoms with Crippen LogP contribution in [0.25, 0.3) is 10.9 Å². The quantitative estimate of drug-likeness (QED) is 0.378. The van der Waals surface area contributed by atoms with Crippen LogP contribution in [0.15, 0.2) is 46.4 Å². The van der Waals surface area contributed by atoms with E-state index in [0.717, 1.165) is 21.8 Å². The van der Waals surface area contributed by atoms with Gasteiger partial charge in [-0.15, -0.1) is 11.3 Å². The van der Waals surface area contributed by atoms with E-state index in [2.05, 4.69) is 4.98 Å². The lowest BCUT2D eigenvalue weighted by Crippen LogP contribution is -2.31. The Morgan fingerprint density at radius 3 is 2.45 bits per heavy atom. The van der Waals surface area contributed by atoms with Crippen LogP contribution in [0, 0.1) is 6.92 Å². The van der Waals surface area contributed by atoms with Gasteiger partial charge in [-0.25, -0.2) is 9.97 Å². The Balaban J connectivity index is 1.81. The number of nitrogens with zero attached hydrogens (tertiary/aromatic N) is 4. The minimum atomic E-state index is -0.168. The average molecular weight is 467 g/mol. The third kappa shape index (κ3) is 4.63. The molecule has 0 aliphatic carbocycles. The lowest BCUT2D eigenvalue weighted by atomic mass is 10.1. The maximum Gasteiger partial charge on any atom is 0.274 e. The highest BCUT2D eigenvalue weighted by molar-refractivity contribution is 7.09. The van der Waals surface area contributed by atoms with Gasteiger partial charge in [-0.2, -0.15) is 0 Å². The van der Waals surface area contributed by atoms with E-state index in [1.807, 2.05) is 56.3 Å². The monoisotopic (exact) mass is 466 g/mol. The minimum Gasteiger partial charge on any atom is -0.496 e. The number of ether oxygens (including phenoxy) is 2. The first-order valence-corrected chi connectivity index (χ1v) is 11.2.